The van der Waals surface area contributed by atoms with Crippen LogP contribution < -0.4 is 10.9 Å². The molecule has 1 N–H and O–H groups in total. The molecule has 0 saturated heterocycles. The number of amides is 1. The molecule has 1 atom stereocenters. The number of carbonyl (C=O) groups is 2. The number of aromatic nitrogens is 2. The number of hydrogen-bond donors (Lipinski definition) is 1. The number of nitrogens with zero attached hydrogens (tertiary/aromatic N) is 2. The Morgan fingerprint density at radius 3 is 2.79 bits per heavy atom. The van der Waals surface area contributed by atoms with Gasteiger partial charge in [-0.2, -0.15) is 0 Å². The van der Waals surface area contributed by atoms with Gasteiger partial charge in [-0.05, 0) is 37.1 Å². The van der Waals surface area contributed by atoms with E-state index in [9.17, 15) is 14.4 Å². The Morgan fingerprint density at radius 2 is 2.00 bits per heavy atom. The quantitative estimate of drug-likeness (QED) is 0.674. The molecule has 7 nitrogen and oxygen atoms in total. The zero-order valence-electron chi connectivity index (χ0n) is 16.1. The van der Waals surface area contributed by atoms with Gasteiger partial charge in [0.25, 0.3) is 11.5 Å². The number of hydrogen-bond acceptors (Lipinski definition) is 5. The summed E-state index contributed by atoms with van der Waals surface area (Å²) in [7, 11) is 0. The molecule has 7 heteroatoms. The van der Waals surface area contributed by atoms with Crippen molar-refractivity contribution in [2.24, 2.45) is 0 Å². The standard InChI is InChI=1S/C22H21N3O4/c1-14(20(26)23-13-15-6-3-2-4-7-15)29-22(28)16-9-10-17-18(12-16)24-19-8-5-11-25(19)21(17)27/h2-4,6-7,9-10,12,14H,5,8,11,13H2,1H3,(H,23,26)/t14-/m0/s1. The number of ether oxygens (including phenoxy) is 1. The summed E-state index contributed by atoms with van der Waals surface area (Å²) < 4.78 is 6.98. The van der Waals surface area contributed by atoms with Crippen LogP contribution in [0, 0.1) is 0 Å². The van der Waals surface area contributed by atoms with Gasteiger partial charge < -0.3 is 10.1 Å². The molecule has 2 aromatic carbocycles. The average Bonchev–Trinajstić information content (AvgIpc) is 3.21. The van der Waals surface area contributed by atoms with Gasteiger partial charge in [0.1, 0.15) is 5.82 Å². The van der Waals surface area contributed by atoms with Crippen molar-refractivity contribution in [3.63, 3.8) is 0 Å². The highest BCUT2D eigenvalue weighted by Crippen LogP contribution is 2.17. The second-order valence-electron chi connectivity index (χ2n) is 7.07. The van der Waals surface area contributed by atoms with Crippen LogP contribution in [0.25, 0.3) is 10.9 Å². The van der Waals surface area contributed by atoms with Crippen LogP contribution in [0.3, 0.4) is 0 Å². The summed E-state index contributed by atoms with van der Waals surface area (Å²) >= 11 is 0. The van der Waals surface area contributed by atoms with E-state index in [4.69, 9.17) is 4.74 Å². The molecular weight excluding hydrogens is 370 g/mol. The molecule has 0 saturated carbocycles. The van der Waals surface area contributed by atoms with Crippen LogP contribution in [0.2, 0.25) is 0 Å². The lowest BCUT2D eigenvalue weighted by molar-refractivity contribution is -0.129. The van der Waals surface area contributed by atoms with E-state index >= 15 is 0 Å². The molecule has 0 radical (unpaired) electrons. The van der Waals surface area contributed by atoms with Crippen molar-refractivity contribution >= 4 is 22.8 Å². The van der Waals surface area contributed by atoms with Gasteiger partial charge in [0.05, 0.1) is 16.5 Å². The molecule has 1 aliphatic heterocycles. The number of benzene rings is 2. The third kappa shape index (κ3) is 3.89. The topological polar surface area (TPSA) is 90.3 Å². The van der Waals surface area contributed by atoms with Gasteiger partial charge in [-0.25, -0.2) is 9.78 Å². The van der Waals surface area contributed by atoms with Crippen molar-refractivity contribution in [2.75, 3.05) is 0 Å². The minimum absolute atomic E-state index is 0.0870. The highest BCUT2D eigenvalue weighted by Gasteiger charge is 2.21. The average molecular weight is 391 g/mol. The predicted molar refractivity (Wildman–Crippen MR) is 107 cm³/mol. The summed E-state index contributed by atoms with van der Waals surface area (Å²) in [6.45, 7) is 2.56. The van der Waals surface area contributed by atoms with E-state index < -0.39 is 12.1 Å². The summed E-state index contributed by atoms with van der Waals surface area (Å²) in [5, 5.41) is 3.22. The molecule has 3 aromatic rings. The van der Waals surface area contributed by atoms with Crippen molar-refractivity contribution in [2.45, 2.75) is 39.0 Å². The normalized spacial score (nSPS) is 13.7. The number of aryl methyl sites for hydroxylation is 1. The van der Waals surface area contributed by atoms with E-state index in [1.165, 1.54) is 13.0 Å². The first-order valence-electron chi connectivity index (χ1n) is 9.59. The molecular formula is C22H21N3O4. The van der Waals surface area contributed by atoms with Gasteiger partial charge in [0.2, 0.25) is 0 Å². The monoisotopic (exact) mass is 391 g/mol. The van der Waals surface area contributed by atoms with Crippen LogP contribution >= 0.6 is 0 Å². The largest absolute Gasteiger partial charge is 0.449 e. The minimum atomic E-state index is -0.944. The fourth-order valence-corrected chi connectivity index (χ4v) is 3.42. The second kappa shape index (κ2) is 7.87. The summed E-state index contributed by atoms with van der Waals surface area (Å²) in [5.74, 6) is -0.268. The van der Waals surface area contributed by atoms with Crippen molar-refractivity contribution in [3.8, 4) is 0 Å². The van der Waals surface area contributed by atoms with Crippen LogP contribution in [-0.2, 0) is 29.0 Å². The zero-order chi connectivity index (χ0) is 20.4. The van der Waals surface area contributed by atoms with E-state index in [-0.39, 0.29) is 17.0 Å². The molecule has 148 valence electrons. The summed E-state index contributed by atoms with van der Waals surface area (Å²) in [6, 6.07) is 14.2. The zero-order valence-corrected chi connectivity index (χ0v) is 16.1. The first-order valence-corrected chi connectivity index (χ1v) is 9.59. The lowest BCUT2D eigenvalue weighted by atomic mass is 10.1. The molecule has 1 aromatic heterocycles. The van der Waals surface area contributed by atoms with E-state index in [1.54, 1.807) is 16.7 Å². The van der Waals surface area contributed by atoms with E-state index in [0.29, 0.717) is 24.0 Å². The Morgan fingerprint density at radius 1 is 1.21 bits per heavy atom. The number of esters is 1. The molecule has 0 unspecified atom stereocenters. The second-order valence-corrected chi connectivity index (χ2v) is 7.07. The van der Waals surface area contributed by atoms with Gasteiger partial charge in [0, 0.05) is 19.5 Å². The number of carbonyl (C=O) groups excluding carboxylic acids is 2. The Hall–Kier alpha value is -3.48. The highest BCUT2D eigenvalue weighted by atomic mass is 16.5. The minimum Gasteiger partial charge on any atom is -0.449 e. The van der Waals surface area contributed by atoms with Crippen LogP contribution in [0.1, 0.15) is 35.1 Å². The molecule has 0 fully saturated rings. The number of rotatable bonds is 5. The lowest BCUT2D eigenvalue weighted by Gasteiger charge is -2.14. The molecule has 4 rings (SSSR count). The van der Waals surface area contributed by atoms with Gasteiger partial charge >= 0.3 is 5.97 Å². The third-order valence-corrected chi connectivity index (χ3v) is 5.01. The lowest BCUT2D eigenvalue weighted by Crippen LogP contribution is -2.35. The molecule has 29 heavy (non-hydrogen) atoms. The Bertz CT molecular complexity index is 1140. The number of fused-ring (bicyclic) bond motifs is 2. The molecule has 2 heterocycles. The van der Waals surface area contributed by atoms with Crippen molar-refractivity contribution in [3.05, 3.63) is 75.8 Å². The SMILES string of the molecule is C[C@H](OC(=O)c1ccc2c(=O)n3c(nc2c1)CCC3)C(=O)NCc1ccccc1. The van der Waals surface area contributed by atoms with Crippen LogP contribution in [0.5, 0.6) is 0 Å². The van der Waals surface area contributed by atoms with E-state index in [2.05, 4.69) is 10.3 Å². The van der Waals surface area contributed by atoms with Gasteiger partial charge in [0.15, 0.2) is 6.10 Å². The number of nitrogens with one attached hydrogen (secondary N) is 1. The summed E-state index contributed by atoms with van der Waals surface area (Å²) in [4.78, 5) is 41.7. The molecule has 1 aliphatic rings. The van der Waals surface area contributed by atoms with Gasteiger partial charge in [-0.3, -0.25) is 14.2 Å². The van der Waals surface area contributed by atoms with Crippen molar-refractivity contribution in [1.29, 1.82) is 0 Å². The predicted octanol–water partition coefficient (Wildman–Crippen LogP) is 2.20. The van der Waals surface area contributed by atoms with Crippen molar-refractivity contribution < 1.29 is 14.3 Å². The highest BCUT2D eigenvalue weighted by molar-refractivity contribution is 5.95. The first-order chi connectivity index (χ1) is 14.0. The van der Waals surface area contributed by atoms with Crippen LogP contribution in [0.4, 0.5) is 0 Å². The first kappa shape index (κ1) is 18.9. The molecule has 0 bridgehead atoms. The Kier molecular flexibility index (Phi) is 5.12. The smallest absolute Gasteiger partial charge is 0.338 e. The summed E-state index contributed by atoms with van der Waals surface area (Å²) in [5.41, 5.74) is 1.60. The van der Waals surface area contributed by atoms with Gasteiger partial charge in [-0.15, -0.1) is 0 Å². The van der Waals surface area contributed by atoms with Crippen LogP contribution in [0.15, 0.2) is 53.3 Å². The van der Waals surface area contributed by atoms with E-state index in [1.807, 2.05) is 30.3 Å². The third-order valence-electron chi connectivity index (χ3n) is 5.01. The fraction of sp³-hybridized carbons (Fsp3) is 0.273. The molecule has 0 spiro atoms. The summed E-state index contributed by atoms with van der Waals surface area (Å²) in [6.07, 6.45) is 0.696. The fourth-order valence-electron chi connectivity index (χ4n) is 3.42. The molecule has 0 aliphatic carbocycles. The van der Waals surface area contributed by atoms with E-state index in [0.717, 1.165) is 24.2 Å². The maximum Gasteiger partial charge on any atom is 0.338 e. The maximum atomic E-state index is 12.5. The Balaban J connectivity index is 1.45. The van der Waals surface area contributed by atoms with Gasteiger partial charge in [-0.1, -0.05) is 30.3 Å². The van der Waals surface area contributed by atoms with Crippen molar-refractivity contribution in [1.82, 2.24) is 14.9 Å². The maximum absolute atomic E-state index is 12.5. The molecule has 1 amide bonds. The Labute approximate surface area is 167 Å². The van der Waals surface area contributed by atoms with Crippen LogP contribution in [-0.4, -0.2) is 27.5 Å².